The molecule has 1 N–H and O–H groups in total. The highest BCUT2D eigenvalue weighted by Gasteiger charge is 2.34. The standard InChI is InChI=1S/C18H26N2O2/c1-13(2)5-4-10-19-18(22)15-11-17(21)20(12-15)16-8-6-14(3)7-9-16/h6-9,13,15H,4-5,10-12H2,1-3H3,(H,19,22). The summed E-state index contributed by atoms with van der Waals surface area (Å²) in [4.78, 5) is 26.0. The Balaban J connectivity index is 1.86. The van der Waals surface area contributed by atoms with Gasteiger partial charge in [0.2, 0.25) is 11.8 Å². The summed E-state index contributed by atoms with van der Waals surface area (Å²) in [5, 5.41) is 2.96. The molecule has 22 heavy (non-hydrogen) atoms. The van der Waals surface area contributed by atoms with Crippen LogP contribution in [0.15, 0.2) is 24.3 Å². The number of nitrogens with zero attached hydrogens (tertiary/aromatic N) is 1. The first kappa shape index (κ1) is 16.5. The van der Waals surface area contributed by atoms with E-state index in [0.29, 0.717) is 25.4 Å². The first-order valence-corrected chi connectivity index (χ1v) is 8.12. The maximum Gasteiger partial charge on any atom is 0.227 e. The number of rotatable bonds is 6. The molecule has 2 rings (SSSR count). The molecule has 0 aromatic heterocycles. The van der Waals surface area contributed by atoms with Crippen LogP contribution in [0.4, 0.5) is 5.69 Å². The fourth-order valence-electron chi connectivity index (χ4n) is 2.72. The van der Waals surface area contributed by atoms with E-state index < -0.39 is 0 Å². The molecule has 2 amide bonds. The highest BCUT2D eigenvalue weighted by Crippen LogP contribution is 2.25. The number of hydrogen-bond donors (Lipinski definition) is 1. The highest BCUT2D eigenvalue weighted by atomic mass is 16.2. The van der Waals surface area contributed by atoms with Crippen molar-refractivity contribution < 1.29 is 9.59 Å². The van der Waals surface area contributed by atoms with Gasteiger partial charge in [-0.15, -0.1) is 0 Å². The van der Waals surface area contributed by atoms with Crippen molar-refractivity contribution in [2.45, 2.75) is 40.0 Å². The van der Waals surface area contributed by atoms with Gasteiger partial charge in [-0.25, -0.2) is 0 Å². The van der Waals surface area contributed by atoms with E-state index in [2.05, 4.69) is 19.2 Å². The molecule has 1 saturated heterocycles. The third kappa shape index (κ3) is 4.33. The molecule has 1 unspecified atom stereocenters. The maximum absolute atomic E-state index is 12.2. The Bertz CT molecular complexity index is 522. The molecule has 4 nitrogen and oxygen atoms in total. The van der Waals surface area contributed by atoms with Crippen molar-refractivity contribution in [2.24, 2.45) is 11.8 Å². The van der Waals surface area contributed by atoms with E-state index >= 15 is 0 Å². The van der Waals surface area contributed by atoms with Gasteiger partial charge in [-0.2, -0.15) is 0 Å². The van der Waals surface area contributed by atoms with E-state index in [9.17, 15) is 9.59 Å². The smallest absolute Gasteiger partial charge is 0.227 e. The van der Waals surface area contributed by atoms with Gasteiger partial charge in [0.1, 0.15) is 0 Å². The lowest BCUT2D eigenvalue weighted by molar-refractivity contribution is -0.126. The van der Waals surface area contributed by atoms with Crippen LogP contribution < -0.4 is 10.2 Å². The minimum atomic E-state index is -0.229. The van der Waals surface area contributed by atoms with Gasteiger partial charge >= 0.3 is 0 Å². The van der Waals surface area contributed by atoms with Crippen molar-refractivity contribution in [1.82, 2.24) is 5.32 Å². The van der Waals surface area contributed by atoms with Crippen LogP contribution in [0, 0.1) is 18.8 Å². The van der Waals surface area contributed by atoms with Crippen molar-refractivity contribution >= 4 is 17.5 Å². The molecular weight excluding hydrogens is 276 g/mol. The van der Waals surface area contributed by atoms with E-state index in [1.165, 1.54) is 0 Å². The molecule has 4 heteroatoms. The second kappa shape index (κ2) is 7.43. The molecular formula is C18H26N2O2. The third-order valence-electron chi connectivity index (χ3n) is 4.10. The topological polar surface area (TPSA) is 49.4 Å². The summed E-state index contributed by atoms with van der Waals surface area (Å²) in [6, 6.07) is 7.86. The first-order chi connectivity index (χ1) is 10.5. The Labute approximate surface area is 132 Å². The molecule has 120 valence electrons. The molecule has 0 saturated carbocycles. The van der Waals surface area contributed by atoms with Gasteiger partial charge in [0, 0.05) is 25.2 Å². The fourth-order valence-corrected chi connectivity index (χ4v) is 2.72. The van der Waals surface area contributed by atoms with Crippen molar-refractivity contribution in [3.05, 3.63) is 29.8 Å². The molecule has 1 aliphatic heterocycles. The molecule has 1 aliphatic rings. The van der Waals surface area contributed by atoms with Crippen LogP contribution in [0.2, 0.25) is 0 Å². The number of amides is 2. The van der Waals surface area contributed by atoms with Gasteiger partial charge in [-0.05, 0) is 37.8 Å². The maximum atomic E-state index is 12.2. The predicted octanol–water partition coefficient (Wildman–Crippen LogP) is 2.90. The Morgan fingerprint density at radius 1 is 1.32 bits per heavy atom. The van der Waals surface area contributed by atoms with E-state index in [1.54, 1.807) is 4.90 Å². The lowest BCUT2D eigenvalue weighted by atomic mass is 10.1. The molecule has 0 radical (unpaired) electrons. The van der Waals surface area contributed by atoms with Crippen LogP contribution in [0.5, 0.6) is 0 Å². The minimum absolute atomic E-state index is 0.00622. The second-order valence-electron chi connectivity index (χ2n) is 6.57. The SMILES string of the molecule is Cc1ccc(N2CC(C(=O)NCCCC(C)C)CC2=O)cc1. The van der Waals surface area contributed by atoms with E-state index in [1.807, 2.05) is 31.2 Å². The molecule has 1 aromatic rings. The molecule has 1 atom stereocenters. The van der Waals surface area contributed by atoms with Crippen molar-refractivity contribution in [1.29, 1.82) is 0 Å². The quantitative estimate of drug-likeness (QED) is 0.821. The average Bonchev–Trinajstić information content (AvgIpc) is 2.86. The second-order valence-corrected chi connectivity index (χ2v) is 6.57. The van der Waals surface area contributed by atoms with Gasteiger partial charge in [0.25, 0.3) is 0 Å². The van der Waals surface area contributed by atoms with Gasteiger partial charge in [0.05, 0.1) is 5.92 Å². The van der Waals surface area contributed by atoms with Gasteiger partial charge < -0.3 is 10.2 Å². The highest BCUT2D eigenvalue weighted by molar-refractivity contribution is 6.00. The zero-order chi connectivity index (χ0) is 16.1. The number of anilines is 1. The van der Waals surface area contributed by atoms with Gasteiger partial charge in [0.15, 0.2) is 0 Å². The summed E-state index contributed by atoms with van der Waals surface area (Å²) in [5.41, 5.74) is 2.04. The third-order valence-corrected chi connectivity index (χ3v) is 4.10. The molecule has 0 spiro atoms. The molecule has 1 aromatic carbocycles. The summed E-state index contributed by atoms with van der Waals surface area (Å²) < 4.78 is 0. The lowest BCUT2D eigenvalue weighted by Gasteiger charge is -2.17. The zero-order valence-corrected chi connectivity index (χ0v) is 13.8. The van der Waals surface area contributed by atoms with Crippen LogP contribution >= 0.6 is 0 Å². The number of carbonyl (C=O) groups excluding carboxylic acids is 2. The van der Waals surface area contributed by atoms with Crippen LogP contribution in [-0.4, -0.2) is 24.9 Å². The first-order valence-electron chi connectivity index (χ1n) is 8.12. The van der Waals surface area contributed by atoms with E-state index in [-0.39, 0.29) is 17.7 Å². The van der Waals surface area contributed by atoms with Crippen LogP contribution in [0.1, 0.15) is 38.7 Å². The summed E-state index contributed by atoms with van der Waals surface area (Å²) in [6.07, 6.45) is 2.41. The molecule has 0 aliphatic carbocycles. The Morgan fingerprint density at radius 2 is 2.00 bits per heavy atom. The number of hydrogen-bond acceptors (Lipinski definition) is 2. The Kier molecular flexibility index (Phi) is 5.58. The number of carbonyl (C=O) groups is 2. The minimum Gasteiger partial charge on any atom is -0.356 e. The summed E-state index contributed by atoms with van der Waals surface area (Å²) in [7, 11) is 0. The normalized spacial score (nSPS) is 18.1. The Hall–Kier alpha value is -1.84. The van der Waals surface area contributed by atoms with Crippen LogP contribution in [-0.2, 0) is 9.59 Å². The number of nitrogens with one attached hydrogen (secondary N) is 1. The van der Waals surface area contributed by atoms with Gasteiger partial charge in [-0.3, -0.25) is 9.59 Å². The fraction of sp³-hybridized carbons (Fsp3) is 0.556. The summed E-state index contributed by atoms with van der Waals surface area (Å²) in [5.74, 6) is 0.466. The zero-order valence-electron chi connectivity index (χ0n) is 13.8. The van der Waals surface area contributed by atoms with E-state index in [4.69, 9.17) is 0 Å². The van der Waals surface area contributed by atoms with E-state index in [0.717, 1.165) is 24.1 Å². The van der Waals surface area contributed by atoms with Gasteiger partial charge in [-0.1, -0.05) is 31.5 Å². The molecule has 1 heterocycles. The summed E-state index contributed by atoms with van der Waals surface area (Å²) in [6.45, 7) is 7.56. The molecule has 1 fully saturated rings. The lowest BCUT2D eigenvalue weighted by Crippen LogP contribution is -2.33. The number of benzene rings is 1. The Morgan fingerprint density at radius 3 is 2.64 bits per heavy atom. The summed E-state index contributed by atoms with van der Waals surface area (Å²) >= 11 is 0. The van der Waals surface area contributed by atoms with Crippen molar-refractivity contribution in [3.63, 3.8) is 0 Å². The van der Waals surface area contributed by atoms with Crippen molar-refractivity contribution in [3.8, 4) is 0 Å². The predicted molar refractivity (Wildman–Crippen MR) is 88.7 cm³/mol. The molecule has 0 bridgehead atoms. The monoisotopic (exact) mass is 302 g/mol. The largest absolute Gasteiger partial charge is 0.356 e. The number of aryl methyl sites for hydroxylation is 1. The average molecular weight is 302 g/mol. The van der Waals surface area contributed by atoms with Crippen LogP contribution in [0.25, 0.3) is 0 Å². The van der Waals surface area contributed by atoms with Crippen molar-refractivity contribution in [2.75, 3.05) is 18.0 Å². The van der Waals surface area contributed by atoms with Crippen LogP contribution in [0.3, 0.4) is 0 Å².